The predicted octanol–water partition coefficient (Wildman–Crippen LogP) is 3.92. The number of rotatable bonds is 5. The molecule has 0 heterocycles. The zero-order valence-electron chi connectivity index (χ0n) is 12.8. The third-order valence-corrected chi connectivity index (χ3v) is 3.26. The van der Waals surface area contributed by atoms with Gasteiger partial charge in [0, 0.05) is 6.42 Å². The average Bonchev–Trinajstić information content (AvgIpc) is 2.46. The van der Waals surface area contributed by atoms with Crippen LogP contribution in [0.5, 0.6) is 0 Å². The molecule has 0 bridgehead atoms. The maximum atomic E-state index is 10.3. The first-order valence-electron chi connectivity index (χ1n) is 7.38. The molecule has 2 aromatic rings. The van der Waals surface area contributed by atoms with E-state index >= 15 is 0 Å². The van der Waals surface area contributed by atoms with Crippen molar-refractivity contribution in [3.05, 3.63) is 48.5 Å². The lowest BCUT2D eigenvalue weighted by Crippen LogP contribution is -2.19. The van der Waals surface area contributed by atoms with E-state index in [1.807, 2.05) is 0 Å². The van der Waals surface area contributed by atoms with E-state index in [1.165, 1.54) is 10.8 Å². The highest BCUT2D eigenvalue weighted by Crippen LogP contribution is 2.13. The van der Waals surface area contributed by atoms with Crippen molar-refractivity contribution in [1.29, 1.82) is 0 Å². The van der Waals surface area contributed by atoms with Crippen molar-refractivity contribution in [3.8, 4) is 0 Å². The molecule has 0 aliphatic carbocycles. The molecule has 114 valence electrons. The van der Waals surface area contributed by atoms with E-state index in [2.05, 4.69) is 62.4 Å². The van der Waals surface area contributed by atoms with Crippen LogP contribution in [0.15, 0.2) is 48.5 Å². The largest absolute Gasteiger partial charge is 0.481 e. The van der Waals surface area contributed by atoms with Gasteiger partial charge in [0.05, 0.1) is 0 Å². The lowest BCUT2D eigenvalue weighted by molar-refractivity contribution is -0.138. The van der Waals surface area contributed by atoms with Gasteiger partial charge in [-0.1, -0.05) is 62.4 Å². The van der Waals surface area contributed by atoms with Crippen molar-refractivity contribution in [3.63, 3.8) is 0 Å². The highest BCUT2D eigenvalue weighted by Gasteiger charge is 2.12. The zero-order chi connectivity index (χ0) is 15.7. The van der Waals surface area contributed by atoms with E-state index < -0.39 is 5.97 Å². The number of carboxylic acid groups (broad SMARTS) is 1. The molecule has 0 unspecified atom stereocenters. The highest BCUT2D eigenvalue weighted by molar-refractivity contribution is 5.82. The van der Waals surface area contributed by atoms with Crippen molar-refractivity contribution in [2.45, 2.75) is 26.7 Å². The number of hydrogen-bond donors (Lipinski definition) is 2. The van der Waals surface area contributed by atoms with Crippen LogP contribution in [0.3, 0.4) is 0 Å². The minimum atomic E-state index is -0.749. The number of aliphatic carboxylic acids is 1. The Morgan fingerprint density at radius 1 is 1.05 bits per heavy atom. The third-order valence-electron chi connectivity index (χ3n) is 3.26. The molecular weight excluding hydrogens is 262 g/mol. The molecular formula is C18H25NO2. The summed E-state index contributed by atoms with van der Waals surface area (Å²) in [5.41, 5.74) is 5.41. The molecule has 2 rings (SSSR count). The number of fused-ring (bicyclic) bond motifs is 1. The zero-order valence-corrected chi connectivity index (χ0v) is 12.8. The third kappa shape index (κ3) is 6.91. The fourth-order valence-electron chi connectivity index (χ4n) is 2.31. The summed E-state index contributed by atoms with van der Waals surface area (Å²) < 4.78 is 0. The molecule has 0 spiro atoms. The van der Waals surface area contributed by atoms with Gasteiger partial charge < -0.3 is 10.8 Å². The van der Waals surface area contributed by atoms with Crippen molar-refractivity contribution in [2.75, 3.05) is 6.54 Å². The number of nitrogens with two attached hydrogens (primary N) is 1. The molecule has 0 aliphatic heterocycles. The fourth-order valence-corrected chi connectivity index (χ4v) is 2.31. The van der Waals surface area contributed by atoms with E-state index in [-0.39, 0.29) is 12.3 Å². The van der Waals surface area contributed by atoms with Gasteiger partial charge in [0.25, 0.3) is 0 Å². The summed E-state index contributed by atoms with van der Waals surface area (Å²) in [4.78, 5) is 10.3. The lowest BCUT2D eigenvalue weighted by atomic mass is 9.94. The monoisotopic (exact) mass is 287 g/mol. The Balaban J connectivity index is 0.000000210. The van der Waals surface area contributed by atoms with Gasteiger partial charge >= 0.3 is 5.97 Å². The van der Waals surface area contributed by atoms with Gasteiger partial charge in [-0.3, -0.25) is 4.79 Å². The topological polar surface area (TPSA) is 63.3 Å². The number of benzene rings is 2. The van der Waals surface area contributed by atoms with Crippen LogP contribution >= 0.6 is 0 Å². The Hall–Kier alpha value is -1.87. The van der Waals surface area contributed by atoms with Gasteiger partial charge in [-0.15, -0.1) is 0 Å². The standard InChI is InChI=1S/C10H8.C8H17NO2/c1-2-6-10-8-4-3-7-9(10)5-1;1-6(2)3-7(5-9)4-8(10)11/h1-8H;6-7H,3-5,9H2,1-2H3,(H,10,11)/t;7-/m.0/s1. The van der Waals surface area contributed by atoms with Crippen LogP contribution in [0.4, 0.5) is 0 Å². The van der Waals surface area contributed by atoms with E-state index in [9.17, 15) is 4.79 Å². The Bertz CT molecular complexity index is 486. The van der Waals surface area contributed by atoms with Crippen LogP contribution in [-0.4, -0.2) is 17.6 Å². The first-order valence-corrected chi connectivity index (χ1v) is 7.38. The Labute approximate surface area is 126 Å². The molecule has 3 heteroatoms. The van der Waals surface area contributed by atoms with Crippen LogP contribution in [0.25, 0.3) is 10.8 Å². The van der Waals surface area contributed by atoms with Crippen LogP contribution < -0.4 is 5.73 Å². The van der Waals surface area contributed by atoms with Crippen LogP contribution in [0.2, 0.25) is 0 Å². The second kappa shape index (κ2) is 9.14. The molecule has 0 saturated heterocycles. The van der Waals surface area contributed by atoms with Crippen LogP contribution in [-0.2, 0) is 4.79 Å². The lowest BCUT2D eigenvalue weighted by Gasteiger charge is -2.13. The van der Waals surface area contributed by atoms with Crippen LogP contribution in [0, 0.1) is 11.8 Å². The summed E-state index contributed by atoms with van der Waals surface area (Å²) in [5.74, 6) is -0.0727. The van der Waals surface area contributed by atoms with Gasteiger partial charge in [-0.05, 0) is 35.6 Å². The maximum Gasteiger partial charge on any atom is 0.303 e. The van der Waals surface area contributed by atoms with Gasteiger partial charge in [-0.2, -0.15) is 0 Å². The summed E-state index contributed by atoms with van der Waals surface area (Å²) in [6, 6.07) is 16.7. The first-order chi connectivity index (χ1) is 10.0. The minimum absolute atomic E-state index is 0.146. The second-order valence-electron chi connectivity index (χ2n) is 5.68. The normalized spacial score (nSPS) is 11.8. The molecule has 1 atom stereocenters. The van der Waals surface area contributed by atoms with Crippen molar-refractivity contribution in [1.82, 2.24) is 0 Å². The van der Waals surface area contributed by atoms with Crippen molar-refractivity contribution in [2.24, 2.45) is 17.6 Å². The van der Waals surface area contributed by atoms with Gasteiger partial charge in [-0.25, -0.2) is 0 Å². The van der Waals surface area contributed by atoms with Crippen LogP contribution in [0.1, 0.15) is 26.7 Å². The molecule has 0 fully saturated rings. The molecule has 21 heavy (non-hydrogen) atoms. The molecule has 2 aromatic carbocycles. The van der Waals surface area contributed by atoms with Crippen molar-refractivity contribution >= 4 is 16.7 Å². The number of carboxylic acids is 1. The summed E-state index contributed by atoms with van der Waals surface area (Å²) in [5, 5.41) is 11.1. The summed E-state index contributed by atoms with van der Waals surface area (Å²) in [6.45, 7) is 4.62. The quantitative estimate of drug-likeness (QED) is 0.876. The number of carbonyl (C=O) groups is 1. The van der Waals surface area contributed by atoms with Crippen molar-refractivity contribution < 1.29 is 9.90 Å². The van der Waals surface area contributed by atoms with Gasteiger partial charge in [0.1, 0.15) is 0 Å². The average molecular weight is 287 g/mol. The Kier molecular flexibility index (Phi) is 7.48. The first kappa shape index (κ1) is 17.2. The van der Waals surface area contributed by atoms with E-state index in [0.717, 1.165) is 6.42 Å². The summed E-state index contributed by atoms with van der Waals surface area (Å²) >= 11 is 0. The molecule has 0 saturated carbocycles. The van der Waals surface area contributed by atoms with Gasteiger partial charge in [0.15, 0.2) is 0 Å². The Morgan fingerprint density at radius 3 is 1.76 bits per heavy atom. The maximum absolute atomic E-state index is 10.3. The molecule has 0 amide bonds. The SMILES string of the molecule is CC(C)C[C@H](CN)CC(=O)O.c1ccc2ccccc2c1. The molecule has 0 radical (unpaired) electrons. The molecule has 0 aliphatic rings. The molecule has 3 nitrogen and oxygen atoms in total. The minimum Gasteiger partial charge on any atom is -0.481 e. The van der Waals surface area contributed by atoms with E-state index in [4.69, 9.17) is 10.8 Å². The Morgan fingerprint density at radius 2 is 1.48 bits per heavy atom. The summed E-state index contributed by atoms with van der Waals surface area (Å²) in [6.07, 6.45) is 1.11. The highest BCUT2D eigenvalue weighted by atomic mass is 16.4. The fraction of sp³-hybridized carbons (Fsp3) is 0.389. The summed E-state index contributed by atoms with van der Waals surface area (Å²) in [7, 11) is 0. The predicted molar refractivity (Wildman–Crippen MR) is 88.2 cm³/mol. The van der Waals surface area contributed by atoms with Gasteiger partial charge in [0.2, 0.25) is 0 Å². The number of hydrogen-bond acceptors (Lipinski definition) is 2. The second-order valence-corrected chi connectivity index (χ2v) is 5.68. The smallest absolute Gasteiger partial charge is 0.303 e. The molecule has 3 N–H and O–H groups in total. The van der Waals surface area contributed by atoms with E-state index in [0.29, 0.717) is 12.5 Å². The molecule has 0 aromatic heterocycles. The van der Waals surface area contributed by atoms with E-state index in [1.54, 1.807) is 0 Å².